The molecule has 2 atom stereocenters. The van der Waals surface area contributed by atoms with Crippen molar-refractivity contribution < 1.29 is 19.4 Å². The smallest absolute Gasteiger partial charge is 0.408 e. The quantitative estimate of drug-likeness (QED) is 0.778. The number of rotatable bonds is 7. The number of aliphatic carboxylic acids is 1. The molecule has 1 amide bonds. The fourth-order valence-electron chi connectivity index (χ4n) is 2.17. The fraction of sp³-hybridized carbons (Fsp3) is 0.389. The van der Waals surface area contributed by atoms with Crippen molar-refractivity contribution in [2.75, 3.05) is 0 Å². The van der Waals surface area contributed by atoms with Gasteiger partial charge in [-0.3, -0.25) is 4.79 Å². The van der Waals surface area contributed by atoms with Crippen LogP contribution in [-0.4, -0.2) is 22.2 Å². The number of aromatic nitrogens is 1. The van der Waals surface area contributed by atoms with Gasteiger partial charge in [0.25, 0.3) is 0 Å². The van der Waals surface area contributed by atoms with E-state index in [2.05, 4.69) is 10.3 Å². The Morgan fingerprint density at radius 3 is 2.52 bits per heavy atom. The molecule has 0 saturated heterocycles. The van der Waals surface area contributed by atoms with E-state index in [0.29, 0.717) is 10.7 Å². The van der Waals surface area contributed by atoms with Gasteiger partial charge in [0.2, 0.25) is 0 Å². The molecule has 0 fully saturated rings. The molecule has 7 heteroatoms. The maximum Gasteiger partial charge on any atom is 0.408 e. The Hall–Kier alpha value is -2.41. The zero-order chi connectivity index (χ0) is 18.4. The van der Waals surface area contributed by atoms with E-state index in [1.807, 2.05) is 44.2 Å². The van der Waals surface area contributed by atoms with Crippen LogP contribution in [0.2, 0.25) is 0 Å². The first-order valence-corrected chi connectivity index (χ1v) is 8.91. The van der Waals surface area contributed by atoms with Crippen molar-refractivity contribution >= 4 is 23.4 Å². The Kier molecular flexibility index (Phi) is 6.52. The maximum atomic E-state index is 12.1. The molecule has 2 rings (SSSR count). The zero-order valence-corrected chi connectivity index (χ0v) is 15.2. The van der Waals surface area contributed by atoms with Gasteiger partial charge in [0.05, 0.1) is 17.7 Å². The normalized spacial score (nSPS) is 13.3. The van der Waals surface area contributed by atoms with E-state index in [4.69, 9.17) is 9.84 Å². The predicted molar refractivity (Wildman–Crippen MR) is 95.5 cm³/mol. The van der Waals surface area contributed by atoms with Crippen molar-refractivity contribution in [3.05, 3.63) is 52.0 Å². The van der Waals surface area contributed by atoms with Crippen LogP contribution in [0.1, 0.15) is 49.0 Å². The molecular formula is C18H22N2O4S. The molecule has 2 N–H and O–H groups in total. The number of carboxylic acid groups (broad SMARTS) is 1. The summed E-state index contributed by atoms with van der Waals surface area (Å²) in [7, 11) is 0. The highest BCUT2D eigenvalue weighted by molar-refractivity contribution is 7.09. The van der Waals surface area contributed by atoms with E-state index >= 15 is 0 Å². The molecule has 0 aliphatic heterocycles. The summed E-state index contributed by atoms with van der Waals surface area (Å²) in [5.74, 6) is -1.51. The van der Waals surface area contributed by atoms with Gasteiger partial charge in [-0.15, -0.1) is 11.3 Å². The van der Waals surface area contributed by atoms with E-state index in [9.17, 15) is 9.59 Å². The largest absolute Gasteiger partial charge is 0.481 e. The number of benzene rings is 1. The van der Waals surface area contributed by atoms with Crippen LogP contribution in [0.15, 0.2) is 35.7 Å². The lowest BCUT2D eigenvalue weighted by Crippen LogP contribution is -2.32. The van der Waals surface area contributed by atoms with Crippen LogP contribution in [-0.2, 0) is 16.1 Å². The minimum Gasteiger partial charge on any atom is -0.481 e. The first-order valence-electron chi connectivity index (χ1n) is 8.03. The third-order valence-corrected chi connectivity index (χ3v) is 4.72. The van der Waals surface area contributed by atoms with Crippen molar-refractivity contribution in [2.45, 2.75) is 39.3 Å². The van der Waals surface area contributed by atoms with Gasteiger partial charge in [-0.25, -0.2) is 9.78 Å². The van der Waals surface area contributed by atoms with Gasteiger partial charge in [0.1, 0.15) is 11.6 Å². The maximum absolute atomic E-state index is 12.1. The second kappa shape index (κ2) is 8.62. The summed E-state index contributed by atoms with van der Waals surface area (Å²) in [5.41, 5.74) is 1.41. The number of nitrogens with zero attached hydrogens (tertiary/aromatic N) is 1. The van der Waals surface area contributed by atoms with Crippen LogP contribution < -0.4 is 5.32 Å². The molecule has 6 nitrogen and oxygen atoms in total. The third kappa shape index (κ3) is 5.29. The number of carboxylic acids is 1. The number of ether oxygens (including phenoxy) is 1. The topological polar surface area (TPSA) is 88.5 Å². The summed E-state index contributed by atoms with van der Waals surface area (Å²) in [5, 5.41) is 14.3. The molecule has 134 valence electrons. The van der Waals surface area contributed by atoms with Crippen molar-refractivity contribution in [2.24, 2.45) is 5.92 Å². The van der Waals surface area contributed by atoms with Crippen molar-refractivity contribution in [1.29, 1.82) is 0 Å². The van der Waals surface area contributed by atoms with Gasteiger partial charge >= 0.3 is 12.1 Å². The molecule has 0 saturated carbocycles. The summed E-state index contributed by atoms with van der Waals surface area (Å²) < 4.78 is 5.26. The predicted octanol–water partition coefficient (Wildman–Crippen LogP) is 3.95. The first kappa shape index (κ1) is 18.9. The molecular weight excluding hydrogens is 340 g/mol. The highest BCUT2D eigenvalue weighted by Gasteiger charge is 2.25. The van der Waals surface area contributed by atoms with Gasteiger partial charge in [0, 0.05) is 5.38 Å². The minimum absolute atomic E-state index is 0.0865. The lowest BCUT2D eigenvalue weighted by atomic mass is 10.1. The molecule has 2 aromatic rings. The molecule has 0 radical (unpaired) electrons. The number of carbonyl (C=O) groups excluding carboxylic acids is 1. The SMILES string of the molecule is CC(C(=O)O)c1csc([C@@H](NC(=O)OCc2ccccc2)C(C)C)n1. The van der Waals surface area contributed by atoms with E-state index in [0.717, 1.165) is 5.56 Å². The van der Waals surface area contributed by atoms with Gasteiger partial charge < -0.3 is 15.2 Å². The number of hydrogen-bond acceptors (Lipinski definition) is 5. The third-order valence-electron chi connectivity index (χ3n) is 3.77. The van der Waals surface area contributed by atoms with Gasteiger partial charge in [0.15, 0.2) is 0 Å². The molecule has 0 aliphatic rings. The van der Waals surface area contributed by atoms with Crippen molar-refractivity contribution in [3.63, 3.8) is 0 Å². The summed E-state index contributed by atoms with van der Waals surface area (Å²) >= 11 is 1.34. The van der Waals surface area contributed by atoms with Crippen LogP contribution >= 0.6 is 11.3 Å². The number of hydrogen-bond donors (Lipinski definition) is 2. The Morgan fingerprint density at radius 1 is 1.24 bits per heavy atom. The average molecular weight is 362 g/mol. The van der Waals surface area contributed by atoms with Crippen LogP contribution in [0.25, 0.3) is 0 Å². The number of nitrogens with one attached hydrogen (secondary N) is 1. The Morgan fingerprint density at radius 2 is 1.92 bits per heavy atom. The van der Waals surface area contributed by atoms with Crippen molar-refractivity contribution in [1.82, 2.24) is 10.3 Å². The summed E-state index contributed by atoms with van der Waals surface area (Å²) in [6.07, 6.45) is -0.523. The van der Waals surface area contributed by atoms with Crippen LogP contribution in [0.5, 0.6) is 0 Å². The van der Waals surface area contributed by atoms with Crippen molar-refractivity contribution in [3.8, 4) is 0 Å². The Balaban J connectivity index is 2.01. The highest BCUT2D eigenvalue weighted by Crippen LogP contribution is 2.28. The molecule has 25 heavy (non-hydrogen) atoms. The van der Waals surface area contributed by atoms with E-state index in [-0.39, 0.29) is 18.6 Å². The number of alkyl carbamates (subject to hydrolysis) is 1. The minimum atomic E-state index is -0.923. The molecule has 0 bridgehead atoms. The second-order valence-corrected chi connectivity index (χ2v) is 6.99. The second-order valence-electron chi connectivity index (χ2n) is 6.10. The summed E-state index contributed by atoms with van der Waals surface area (Å²) in [6, 6.07) is 9.10. The molecule has 1 unspecified atom stereocenters. The van der Waals surface area contributed by atoms with Gasteiger partial charge in [-0.05, 0) is 18.4 Å². The highest BCUT2D eigenvalue weighted by atomic mass is 32.1. The molecule has 0 aliphatic carbocycles. The monoisotopic (exact) mass is 362 g/mol. The van der Waals surface area contributed by atoms with Crippen LogP contribution in [0, 0.1) is 5.92 Å². The lowest BCUT2D eigenvalue weighted by molar-refractivity contribution is -0.138. The number of carbonyl (C=O) groups is 2. The average Bonchev–Trinajstić information content (AvgIpc) is 3.07. The standard InChI is InChI=1S/C18H22N2O4S/c1-11(2)15(16-19-14(10-25-16)12(3)17(21)22)20-18(23)24-9-13-7-5-4-6-8-13/h4-8,10-12,15H,9H2,1-3H3,(H,20,23)(H,21,22)/t12?,15-/m0/s1. The number of thiazole rings is 1. The molecule has 0 spiro atoms. The first-order chi connectivity index (χ1) is 11.9. The Labute approximate surface area is 150 Å². The Bertz CT molecular complexity index is 715. The van der Waals surface area contributed by atoms with E-state index in [1.54, 1.807) is 12.3 Å². The summed E-state index contributed by atoms with van der Waals surface area (Å²) in [4.78, 5) is 27.6. The molecule has 1 heterocycles. The van der Waals surface area contributed by atoms with Crippen LogP contribution in [0.3, 0.4) is 0 Å². The zero-order valence-electron chi connectivity index (χ0n) is 14.4. The number of amides is 1. The summed E-state index contributed by atoms with van der Waals surface area (Å²) in [6.45, 7) is 5.71. The fourth-order valence-corrected chi connectivity index (χ4v) is 3.31. The lowest BCUT2D eigenvalue weighted by Gasteiger charge is -2.20. The van der Waals surface area contributed by atoms with E-state index < -0.39 is 18.0 Å². The molecule has 1 aromatic heterocycles. The van der Waals surface area contributed by atoms with E-state index in [1.165, 1.54) is 11.3 Å². The van der Waals surface area contributed by atoms with Gasteiger partial charge in [-0.2, -0.15) is 0 Å². The van der Waals surface area contributed by atoms with Gasteiger partial charge in [-0.1, -0.05) is 44.2 Å². The molecule has 1 aromatic carbocycles. The van der Waals surface area contributed by atoms with Crippen LogP contribution in [0.4, 0.5) is 4.79 Å².